The predicted molar refractivity (Wildman–Crippen MR) is 85.8 cm³/mol. The van der Waals surface area contributed by atoms with Crippen LogP contribution in [0.2, 0.25) is 0 Å². The van der Waals surface area contributed by atoms with Crippen molar-refractivity contribution in [2.45, 2.75) is 6.92 Å². The van der Waals surface area contributed by atoms with Crippen molar-refractivity contribution in [2.75, 3.05) is 12.1 Å². The topological polar surface area (TPSA) is 106 Å². The van der Waals surface area contributed by atoms with Crippen LogP contribution in [-0.4, -0.2) is 32.9 Å². The smallest absolute Gasteiger partial charge is 0.434 e. The average Bonchev–Trinajstić information content (AvgIpc) is 2.61. The number of fused-ring (bicyclic) bond motifs is 1. The molecular formula is C16H14N4O4. The molecule has 0 radical (unpaired) electrons. The lowest BCUT2D eigenvalue weighted by Gasteiger charge is -2.06. The number of carbonyl (C=O) groups excluding carboxylic acids is 1. The van der Waals surface area contributed by atoms with Gasteiger partial charge in [0, 0.05) is 5.56 Å². The molecule has 2 N–H and O–H groups in total. The van der Waals surface area contributed by atoms with E-state index in [0.717, 1.165) is 5.56 Å². The van der Waals surface area contributed by atoms with Gasteiger partial charge in [0.25, 0.3) is 0 Å². The Labute approximate surface area is 137 Å². The zero-order chi connectivity index (χ0) is 16.9. The van der Waals surface area contributed by atoms with E-state index in [1.807, 2.05) is 5.48 Å². The van der Waals surface area contributed by atoms with Crippen LogP contribution in [0.5, 0.6) is 5.75 Å². The maximum Gasteiger partial charge on any atom is 0.513 e. The molecule has 0 unspecified atom stereocenters. The largest absolute Gasteiger partial charge is 0.513 e. The van der Waals surface area contributed by atoms with Gasteiger partial charge in [-0.25, -0.2) is 14.8 Å². The molecule has 0 aliphatic rings. The lowest BCUT2D eigenvalue weighted by molar-refractivity contribution is 0.104. The van der Waals surface area contributed by atoms with Gasteiger partial charge < -0.3 is 9.47 Å². The second kappa shape index (κ2) is 6.88. The molecule has 122 valence electrons. The molecule has 1 aromatic carbocycles. The standard InChI is InChI=1S/C16H14N4O4/c1-2-23-16(21)24-11-5-3-10(4-6-11)13-9-17-12-7-8-14(20-22)19-15(12)18-13/h3-9,22H,2H2,1H3,(H,18,19,20). The summed E-state index contributed by atoms with van der Waals surface area (Å²) >= 11 is 0. The van der Waals surface area contributed by atoms with Crippen LogP contribution in [0.1, 0.15) is 6.92 Å². The lowest BCUT2D eigenvalue weighted by Crippen LogP contribution is -2.09. The molecule has 3 rings (SSSR count). The van der Waals surface area contributed by atoms with Crippen LogP contribution in [0.4, 0.5) is 10.6 Å². The first-order valence-corrected chi connectivity index (χ1v) is 7.18. The van der Waals surface area contributed by atoms with E-state index < -0.39 is 6.16 Å². The summed E-state index contributed by atoms with van der Waals surface area (Å²) < 4.78 is 9.71. The minimum absolute atomic E-state index is 0.251. The van der Waals surface area contributed by atoms with Gasteiger partial charge in [-0.2, -0.15) is 0 Å². The third kappa shape index (κ3) is 3.39. The first-order chi connectivity index (χ1) is 11.7. The molecule has 0 spiro atoms. The minimum atomic E-state index is -0.746. The quantitative estimate of drug-likeness (QED) is 0.428. The third-order valence-electron chi connectivity index (χ3n) is 3.13. The van der Waals surface area contributed by atoms with Crippen molar-refractivity contribution in [1.29, 1.82) is 0 Å². The molecule has 0 amide bonds. The summed E-state index contributed by atoms with van der Waals surface area (Å²) in [5, 5.41) is 8.91. The van der Waals surface area contributed by atoms with E-state index in [-0.39, 0.29) is 12.4 Å². The number of nitrogens with zero attached hydrogens (tertiary/aromatic N) is 3. The number of rotatable bonds is 4. The van der Waals surface area contributed by atoms with Crippen LogP contribution in [0.3, 0.4) is 0 Å². The molecule has 0 atom stereocenters. The zero-order valence-electron chi connectivity index (χ0n) is 12.8. The zero-order valence-corrected chi connectivity index (χ0v) is 12.8. The maximum atomic E-state index is 11.3. The van der Waals surface area contributed by atoms with Gasteiger partial charge in [0.1, 0.15) is 11.3 Å². The highest BCUT2D eigenvalue weighted by atomic mass is 16.7. The number of ether oxygens (including phenoxy) is 2. The average molecular weight is 326 g/mol. The normalized spacial score (nSPS) is 10.4. The Morgan fingerprint density at radius 3 is 2.67 bits per heavy atom. The molecule has 0 fully saturated rings. The summed E-state index contributed by atoms with van der Waals surface area (Å²) in [6.07, 6.45) is 0.876. The van der Waals surface area contributed by atoms with Gasteiger partial charge in [-0.05, 0) is 43.3 Å². The molecule has 2 aromatic heterocycles. The number of pyridine rings is 1. The lowest BCUT2D eigenvalue weighted by atomic mass is 10.1. The van der Waals surface area contributed by atoms with Crippen molar-refractivity contribution >= 4 is 23.1 Å². The molecule has 8 nitrogen and oxygen atoms in total. The molecule has 0 aliphatic heterocycles. The van der Waals surface area contributed by atoms with Crippen LogP contribution in [0, 0.1) is 0 Å². The van der Waals surface area contributed by atoms with Gasteiger partial charge >= 0.3 is 6.16 Å². The minimum Gasteiger partial charge on any atom is -0.434 e. The van der Waals surface area contributed by atoms with Gasteiger partial charge in [-0.15, -0.1) is 0 Å². The molecule has 24 heavy (non-hydrogen) atoms. The molecule has 0 aliphatic carbocycles. The molecule has 0 saturated carbocycles. The van der Waals surface area contributed by atoms with Crippen LogP contribution in [0.15, 0.2) is 42.6 Å². The first kappa shape index (κ1) is 15.6. The predicted octanol–water partition coefficient (Wildman–Crippen LogP) is 3.03. The fourth-order valence-electron chi connectivity index (χ4n) is 2.04. The van der Waals surface area contributed by atoms with Gasteiger partial charge in [0.15, 0.2) is 11.5 Å². The number of nitrogens with one attached hydrogen (secondary N) is 1. The number of hydrogen-bond acceptors (Lipinski definition) is 8. The monoisotopic (exact) mass is 326 g/mol. The molecule has 2 heterocycles. The highest BCUT2D eigenvalue weighted by molar-refractivity contribution is 5.75. The molecule has 3 aromatic rings. The van der Waals surface area contributed by atoms with Crippen LogP contribution < -0.4 is 10.2 Å². The Morgan fingerprint density at radius 1 is 1.17 bits per heavy atom. The Balaban J connectivity index is 1.85. The van der Waals surface area contributed by atoms with Crippen molar-refractivity contribution < 1.29 is 19.5 Å². The molecule has 8 heteroatoms. The van der Waals surface area contributed by atoms with Crippen molar-refractivity contribution in [1.82, 2.24) is 15.0 Å². The Hall–Kier alpha value is -3.26. The third-order valence-corrected chi connectivity index (χ3v) is 3.13. The highest BCUT2D eigenvalue weighted by Crippen LogP contribution is 2.22. The van der Waals surface area contributed by atoms with Gasteiger partial charge in [0.05, 0.1) is 18.5 Å². The Bertz CT molecular complexity index is 868. The number of hydrogen-bond donors (Lipinski definition) is 2. The van der Waals surface area contributed by atoms with Gasteiger partial charge in [0.2, 0.25) is 0 Å². The summed E-state index contributed by atoms with van der Waals surface area (Å²) in [6, 6.07) is 10.1. The Kier molecular flexibility index (Phi) is 4.48. The van der Waals surface area contributed by atoms with E-state index >= 15 is 0 Å². The fraction of sp³-hybridized carbons (Fsp3) is 0.125. The molecule has 0 saturated heterocycles. The summed E-state index contributed by atoms with van der Waals surface area (Å²) in [6.45, 7) is 1.95. The van der Waals surface area contributed by atoms with Crippen LogP contribution >= 0.6 is 0 Å². The van der Waals surface area contributed by atoms with Crippen molar-refractivity contribution in [3.63, 3.8) is 0 Å². The Morgan fingerprint density at radius 2 is 1.96 bits per heavy atom. The van der Waals surface area contributed by atoms with E-state index in [2.05, 4.69) is 15.0 Å². The van der Waals surface area contributed by atoms with Crippen LogP contribution in [0.25, 0.3) is 22.4 Å². The SMILES string of the molecule is CCOC(=O)Oc1ccc(-c2cnc3ccc(NO)nc3n2)cc1. The van der Waals surface area contributed by atoms with E-state index in [1.165, 1.54) is 0 Å². The van der Waals surface area contributed by atoms with Crippen LogP contribution in [-0.2, 0) is 4.74 Å². The molecule has 0 bridgehead atoms. The fourth-order valence-corrected chi connectivity index (χ4v) is 2.04. The summed E-state index contributed by atoms with van der Waals surface area (Å²) in [7, 11) is 0. The van der Waals surface area contributed by atoms with Crippen molar-refractivity contribution in [3.8, 4) is 17.0 Å². The van der Waals surface area contributed by atoms with Crippen molar-refractivity contribution in [3.05, 3.63) is 42.6 Å². The van der Waals surface area contributed by atoms with Crippen molar-refractivity contribution in [2.24, 2.45) is 0 Å². The van der Waals surface area contributed by atoms with E-state index in [1.54, 1.807) is 49.5 Å². The van der Waals surface area contributed by atoms with E-state index in [0.29, 0.717) is 22.6 Å². The van der Waals surface area contributed by atoms with Gasteiger partial charge in [-0.1, -0.05) is 0 Å². The summed E-state index contributed by atoms with van der Waals surface area (Å²) in [5.41, 5.74) is 4.37. The van der Waals surface area contributed by atoms with E-state index in [9.17, 15) is 4.79 Å². The summed E-state index contributed by atoms with van der Waals surface area (Å²) in [5.74, 6) is 0.656. The second-order valence-electron chi connectivity index (χ2n) is 4.72. The number of aromatic nitrogens is 3. The first-order valence-electron chi connectivity index (χ1n) is 7.18. The van der Waals surface area contributed by atoms with Gasteiger partial charge in [-0.3, -0.25) is 15.7 Å². The number of anilines is 1. The number of carbonyl (C=O) groups is 1. The van der Waals surface area contributed by atoms with E-state index in [4.69, 9.17) is 14.7 Å². The highest BCUT2D eigenvalue weighted by Gasteiger charge is 2.07. The summed E-state index contributed by atoms with van der Waals surface area (Å²) in [4.78, 5) is 24.1. The second-order valence-corrected chi connectivity index (χ2v) is 4.72. The molecular weight excluding hydrogens is 312 g/mol. The number of benzene rings is 1. The maximum absolute atomic E-state index is 11.3.